The van der Waals surface area contributed by atoms with Gasteiger partial charge in [0, 0.05) is 15.9 Å². The van der Waals surface area contributed by atoms with Crippen molar-refractivity contribution in [2.24, 2.45) is 5.16 Å². The molecule has 0 saturated heterocycles. The third-order valence-electron chi connectivity index (χ3n) is 1.57. The van der Waals surface area contributed by atoms with Crippen molar-refractivity contribution < 1.29 is 4.84 Å². The predicted molar refractivity (Wildman–Crippen MR) is 63.8 cm³/mol. The van der Waals surface area contributed by atoms with Crippen LogP contribution in [-0.4, -0.2) is 18.2 Å². The summed E-state index contributed by atoms with van der Waals surface area (Å²) in [4.78, 5) is 4.70. The van der Waals surface area contributed by atoms with Gasteiger partial charge in [0.15, 0.2) is 0 Å². The lowest BCUT2D eigenvalue weighted by Crippen LogP contribution is -2.03. The zero-order valence-electron chi connectivity index (χ0n) is 7.43. The Balaban J connectivity index is 3.11. The van der Waals surface area contributed by atoms with Crippen LogP contribution in [0.15, 0.2) is 23.4 Å². The SMILES string of the molecule is CO/N=C(\CBr)c1ccc(Cl)cc1Cl. The molecule has 2 nitrogen and oxygen atoms in total. The number of halogens is 3. The first-order chi connectivity index (χ1) is 6.69. The predicted octanol–water partition coefficient (Wildman–Crippen LogP) is 3.74. The van der Waals surface area contributed by atoms with E-state index in [1.165, 1.54) is 7.11 Å². The number of benzene rings is 1. The number of nitrogens with zero attached hydrogens (tertiary/aromatic N) is 1. The van der Waals surface area contributed by atoms with E-state index in [-0.39, 0.29) is 0 Å². The smallest absolute Gasteiger partial charge is 0.106 e. The van der Waals surface area contributed by atoms with Crippen LogP contribution >= 0.6 is 39.1 Å². The van der Waals surface area contributed by atoms with E-state index in [1.807, 2.05) is 6.07 Å². The molecule has 0 spiro atoms. The molecule has 0 aliphatic rings. The van der Waals surface area contributed by atoms with Crippen LogP contribution in [-0.2, 0) is 4.84 Å². The molecule has 1 rings (SSSR count). The van der Waals surface area contributed by atoms with Gasteiger partial charge in [0.05, 0.1) is 10.7 Å². The maximum absolute atomic E-state index is 6.00. The first kappa shape index (κ1) is 11.8. The van der Waals surface area contributed by atoms with E-state index < -0.39 is 0 Å². The second kappa shape index (κ2) is 5.59. The first-order valence-electron chi connectivity index (χ1n) is 3.80. The van der Waals surface area contributed by atoms with Gasteiger partial charge in [-0.15, -0.1) is 0 Å². The van der Waals surface area contributed by atoms with Crippen LogP contribution in [0.25, 0.3) is 0 Å². The molecule has 0 amide bonds. The van der Waals surface area contributed by atoms with Gasteiger partial charge in [0.1, 0.15) is 7.11 Å². The summed E-state index contributed by atoms with van der Waals surface area (Å²) in [5, 5.41) is 5.58. The second-order valence-corrected chi connectivity index (χ2v) is 3.88. The Labute approximate surface area is 101 Å². The van der Waals surface area contributed by atoms with Gasteiger partial charge in [-0.3, -0.25) is 0 Å². The number of oxime groups is 1. The molecule has 5 heteroatoms. The summed E-state index contributed by atoms with van der Waals surface area (Å²) in [6.45, 7) is 0. The Bertz CT molecular complexity index is 355. The van der Waals surface area contributed by atoms with Crippen molar-refractivity contribution in [1.82, 2.24) is 0 Å². The molecule has 0 aliphatic heterocycles. The van der Waals surface area contributed by atoms with Gasteiger partial charge in [-0.1, -0.05) is 50.4 Å². The normalized spacial score (nSPS) is 11.6. The largest absolute Gasteiger partial charge is 0.399 e. The average Bonchev–Trinajstić information content (AvgIpc) is 2.15. The van der Waals surface area contributed by atoms with Crippen LogP contribution in [0.1, 0.15) is 5.56 Å². The highest BCUT2D eigenvalue weighted by Gasteiger charge is 2.08. The van der Waals surface area contributed by atoms with Gasteiger partial charge in [-0.05, 0) is 12.1 Å². The van der Waals surface area contributed by atoms with Crippen LogP contribution in [0, 0.1) is 0 Å². The molecule has 0 saturated carbocycles. The highest BCUT2D eigenvalue weighted by atomic mass is 79.9. The lowest BCUT2D eigenvalue weighted by atomic mass is 10.1. The summed E-state index contributed by atoms with van der Waals surface area (Å²) in [7, 11) is 1.49. The lowest BCUT2D eigenvalue weighted by Gasteiger charge is -2.04. The monoisotopic (exact) mass is 295 g/mol. The van der Waals surface area contributed by atoms with Crippen LogP contribution in [0.4, 0.5) is 0 Å². The van der Waals surface area contributed by atoms with E-state index in [4.69, 9.17) is 28.0 Å². The minimum absolute atomic E-state index is 0.563. The summed E-state index contributed by atoms with van der Waals surface area (Å²) >= 11 is 15.1. The molecule has 0 atom stereocenters. The van der Waals surface area contributed by atoms with E-state index in [0.717, 1.165) is 11.3 Å². The van der Waals surface area contributed by atoms with Gasteiger partial charge in [0.25, 0.3) is 0 Å². The Hall–Kier alpha value is -0.250. The highest BCUT2D eigenvalue weighted by molar-refractivity contribution is 9.09. The average molecular weight is 297 g/mol. The fraction of sp³-hybridized carbons (Fsp3) is 0.222. The molecular formula is C9H8BrCl2NO. The molecule has 0 bridgehead atoms. The van der Waals surface area contributed by atoms with Gasteiger partial charge >= 0.3 is 0 Å². The quantitative estimate of drug-likeness (QED) is 0.473. The van der Waals surface area contributed by atoms with Crippen LogP contribution in [0.2, 0.25) is 10.0 Å². The van der Waals surface area contributed by atoms with Crippen molar-refractivity contribution in [3.05, 3.63) is 33.8 Å². The molecule has 0 radical (unpaired) electrons. The van der Waals surface area contributed by atoms with Crippen molar-refractivity contribution in [2.75, 3.05) is 12.4 Å². The Morgan fingerprint density at radius 2 is 2.21 bits per heavy atom. The molecule has 1 aromatic rings. The summed E-state index contributed by atoms with van der Waals surface area (Å²) in [6.07, 6.45) is 0. The molecule has 0 aliphatic carbocycles. The molecule has 14 heavy (non-hydrogen) atoms. The van der Waals surface area contributed by atoms with Gasteiger partial charge in [-0.2, -0.15) is 0 Å². The molecule has 1 aromatic carbocycles. The standard InChI is InChI=1S/C9H8BrCl2NO/c1-14-13-9(5-10)7-3-2-6(11)4-8(7)12/h2-4H,5H2,1H3/b13-9+. The molecule has 0 N–H and O–H groups in total. The second-order valence-electron chi connectivity index (χ2n) is 2.48. The molecule has 76 valence electrons. The number of rotatable bonds is 3. The topological polar surface area (TPSA) is 21.6 Å². The van der Waals surface area contributed by atoms with Crippen LogP contribution in [0.5, 0.6) is 0 Å². The van der Waals surface area contributed by atoms with Crippen molar-refractivity contribution >= 4 is 44.8 Å². The van der Waals surface area contributed by atoms with Crippen molar-refractivity contribution in [1.29, 1.82) is 0 Å². The van der Waals surface area contributed by atoms with E-state index in [2.05, 4.69) is 21.1 Å². The van der Waals surface area contributed by atoms with E-state index in [0.29, 0.717) is 15.4 Å². The van der Waals surface area contributed by atoms with Gasteiger partial charge in [-0.25, -0.2) is 0 Å². The summed E-state index contributed by atoms with van der Waals surface area (Å²) in [6, 6.07) is 5.24. The maximum atomic E-state index is 6.00. The molecular weight excluding hydrogens is 289 g/mol. The van der Waals surface area contributed by atoms with Crippen molar-refractivity contribution in [3.63, 3.8) is 0 Å². The maximum Gasteiger partial charge on any atom is 0.106 e. The number of alkyl halides is 1. The highest BCUT2D eigenvalue weighted by Crippen LogP contribution is 2.22. The Morgan fingerprint density at radius 3 is 2.71 bits per heavy atom. The van der Waals surface area contributed by atoms with Crippen molar-refractivity contribution in [3.8, 4) is 0 Å². The minimum atomic E-state index is 0.563. The Kier molecular flexibility index (Phi) is 4.72. The number of hydrogen-bond acceptors (Lipinski definition) is 2. The van der Waals surface area contributed by atoms with Gasteiger partial charge < -0.3 is 4.84 Å². The molecule has 0 aromatic heterocycles. The first-order valence-corrected chi connectivity index (χ1v) is 5.68. The third-order valence-corrected chi connectivity index (χ3v) is 2.65. The zero-order chi connectivity index (χ0) is 10.6. The zero-order valence-corrected chi connectivity index (χ0v) is 10.5. The minimum Gasteiger partial charge on any atom is -0.399 e. The molecule has 0 unspecified atom stereocenters. The van der Waals surface area contributed by atoms with E-state index in [1.54, 1.807) is 12.1 Å². The lowest BCUT2D eigenvalue weighted by molar-refractivity contribution is 0.213. The van der Waals surface area contributed by atoms with Gasteiger partial charge in [0.2, 0.25) is 0 Å². The Morgan fingerprint density at radius 1 is 1.50 bits per heavy atom. The summed E-state index contributed by atoms with van der Waals surface area (Å²) in [5.74, 6) is 0. The number of hydrogen-bond donors (Lipinski definition) is 0. The fourth-order valence-corrected chi connectivity index (χ4v) is 1.90. The van der Waals surface area contributed by atoms with Crippen LogP contribution in [0.3, 0.4) is 0 Å². The fourth-order valence-electron chi connectivity index (χ4n) is 0.979. The third kappa shape index (κ3) is 2.87. The van der Waals surface area contributed by atoms with Crippen molar-refractivity contribution in [2.45, 2.75) is 0 Å². The summed E-state index contributed by atoms with van der Waals surface area (Å²) < 4.78 is 0. The van der Waals surface area contributed by atoms with Crippen LogP contribution < -0.4 is 0 Å². The molecule has 0 heterocycles. The van der Waals surface area contributed by atoms with E-state index in [9.17, 15) is 0 Å². The van der Waals surface area contributed by atoms with E-state index >= 15 is 0 Å². The summed E-state index contributed by atoms with van der Waals surface area (Å²) in [5.41, 5.74) is 1.55. The molecule has 0 fully saturated rings.